The topological polar surface area (TPSA) is 75.3 Å². The number of rotatable bonds is 5. The fraction of sp³-hybridized carbons (Fsp3) is 0.286. The van der Waals surface area contributed by atoms with Crippen LogP contribution in [0.15, 0.2) is 42.7 Å². The van der Waals surface area contributed by atoms with Gasteiger partial charge in [0.15, 0.2) is 5.12 Å². The molecule has 0 spiro atoms. The first kappa shape index (κ1) is 14.8. The van der Waals surface area contributed by atoms with E-state index in [1.54, 1.807) is 23.0 Å². The summed E-state index contributed by atoms with van der Waals surface area (Å²) in [5.74, 6) is 0.178. The summed E-state index contributed by atoms with van der Waals surface area (Å²) in [5, 5.41) is 23.9. The molecule has 2 N–H and O–H groups in total. The van der Waals surface area contributed by atoms with Crippen LogP contribution in [0.4, 0.5) is 0 Å². The number of hydrogen-bond acceptors (Lipinski definition) is 5. The lowest BCUT2D eigenvalue weighted by molar-refractivity contribution is -0.109. The molecule has 0 saturated carbocycles. The second kappa shape index (κ2) is 6.69. The zero-order valence-electron chi connectivity index (χ0n) is 11.0. The Labute approximate surface area is 121 Å². The molecule has 6 heteroatoms. The van der Waals surface area contributed by atoms with Crippen LogP contribution in [0.5, 0.6) is 0 Å². The van der Waals surface area contributed by atoms with Crippen molar-refractivity contribution in [3.05, 3.63) is 48.3 Å². The minimum absolute atomic E-state index is 0.0784. The van der Waals surface area contributed by atoms with Crippen molar-refractivity contribution in [3.63, 3.8) is 0 Å². The molecule has 0 bridgehead atoms. The molecule has 5 nitrogen and oxygen atoms in total. The minimum Gasteiger partial charge on any atom is -0.389 e. The van der Waals surface area contributed by atoms with Crippen molar-refractivity contribution >= 4 is 16.9 Å². The number of carbonyl (C=O) groups excluding carboxylic acids is 1. The van der Waals surface area contributed by atoms with Gasteiger partial charge in [0.1, 0.15) is 6.10 Å². The van der Waals surface area contributed by atoms with Crippen molar-refractivity contribution < 1.29 is 15.0 Å². The quantitative estimate of drug-likeness (QED) is 0.874. The van der Waals surface area contributed by atoms with Crippen LogP contribution in [-0.2, 0) is 4.79 Å². The van der Waals surface area contributed by atoms with E-state index in [-0.39, 0.29) is 10.9 Å². The van der Waals surface area contributed by atoms with Crippen LogP contribution in [0.3, 0.4) is 0 Å². The van der Waals surface area contributed by atoms with Gasteiger partial charge in [0.2, 0.25) is 0 Å². The Morgan fingerprint density at radius 3 is 2.60 bits per heavy atom. The van der Waals surface area contributed by atoms with Crippen molar-refractivity contribution in [3.8, 4) is 5.69 Å². The lowest BCUT2D eigenvalue weighted by atomic mass is 10.1. The van der Waals surface area contributed by atoms with E-state index in [4.69, 9.17) is 0 Å². The molecule has 20 heavy (non-hydrogen) atoms. The second-order valence-electron chi connectivity index (χ2n) is 4.36. The first-order chi connectivity index (χ1) is 9.58. The summed E-state index contributed by atoms with van der Waals surface area (Å²) >= 11 is 1.00. The van der Waals surface area contributed by atoms with E-state index in [1.807, 2.05) is 24.4 Å². The Morgan fingerprint density at radius 2 is 2.05 bits per heavy atom. The number of benzene rings is 1. The van der Waals surface area contributed by atoms with Gasteiger partial charge in [0.05, 0.1) is 11.8 Å². The van der Waals surface area contributed by atoms with Crippen LogP contribution in [0.25, 0.3) is 5.69 Å². The predicted octanol–water partition coefficient (Wildman–Crippen LogP) is 1.55. The molecule has 0 aliphatic rings. The van der Waals surface area contributed by atoms with Crippen molar-refractivity contribution in [2.75, 3.05) is 5.75 Å². The fourth-order valence-electron chi connectivity index (χ4n) is 1.76. The van der Waals surface area contributed by atoms with Gasteiger partial charge in [-0.1, -0.05) is 23.9 Å². The van der Waals surface area contributed by atoms with Crippen LogP contribution in [0.2, 0.25) is 0 Å². The summed E-state index contributed by atoms with van der Waals surface area (Å²) in [6, 6.07) is 8.94. The van der Waals surface area contributed by atoms with Crippen LogP contribution in [0.1, 0.15) is 18.6 Å². The lowest BCUT2D eigenvalue weighted by Gasteiger charge is -2.17. The number of hydrogen-bond donors (Lipinski definition) is 2. The van der Waals surface area contributed by atoms with E-state index in [9.17, 15) is 15.0 Å². The van der Waals surface area contributed by atoms with E-state index >= 15 is 0 Å². The van der Waals surface area contributed by atoms with E-state index in [0.29, 0.717) is 5.56 Å². The van der Waals surface area contributed by atoms with Gasteiger partial charge in [-0.2, -0.15) is 5.10 Å². The number of aromatic nitrogens is 2. The first-order valence-electron chi connectivity index (χ1n) is 6.17. The number of aliphatic hydroxyl groups excluding tert-OH is 2. The summed E-state index contributed by atoms with van der Waals surface area (Å²) in [6.07, 6.45) is 1.53. The van der Waals surface area contributed by atoms with Gasteiger partial charge in [0.25, 0.3) is 0 Å². The van der Waals surface area contributed by atoms with Crippen molar-refractivity contribution in [1.82, 2.24) is 9.78 Å². The molecule has 2 aromatic rings. The monoisotopic (exact) mass is 292 g/mol. The summed E-state index contributed by atoms with van der Waals surface area (Å²) in [7, 11) is 0. The molecule has 0 aliphatic heterocycles. The van der Waals surface area contributed by atoms with Gasteiger partial charge in [-0.25, -0.2) is 4.68 Å². The molecule has 1 heterocycles. The second-order valence-corrected chi connectivity index (χ2v) is 5.55. The van der Waals surface area contributed by atoms with E-state index in [2.05, 4.69) is 5.10 Å². The number of nitrogens with zero attached hydrogens (tertiary/aromatic N) is 2. The molecule has 0 aliphatic carbocycles. The maximum Gasteiger partial charge on any atom is 0.185 e. The Bertz CT molecular complexity index is 554. The number of thioether (sulfide) groups is 1. The highest BCUT2D eigenvalue weighted by Gasteiger charge is 2.19. The molecule has 0 fully saturated rings. The molecule has 106 valence electrons. The van der Waals surface area contributed by atoms with Crippen molar-refractivity contribution in [2.24, 2.45) is 0 Å². The van der Waals surface area contributed by atoms with E-state index in [1.165, 1.54) is 6.92 Å². The predicted molar refractivity (Wildman–Crippen MR) is 77.7 cm³/mol. The smallest absolute Gasteiger partial charge is 0.185 e. The van der Waals surface area contributed by atoms with Crippen molar-refractivity contribution in [2.45, 2.75) is 19.1 Å². The molecule has 1 aromatic heterocycles. The zero-order chi connectivity index (χ0) is 14.5. The molecule has 0 amide bonds. The maximum absolute atomic E-state index is 10.8. The fourth-order valence-corrected chi connectivity index (χ4v) is 2.35. The van der Waals surface area contributed by atoms with Crippen LogP contribution in [-0.4, -0.2) is 37.0 Å². The Hall–Kier alpha value is -1.63. The minimum atomic E-state index is -1.01. The van der Waals surface area contributed by atoms with Crippen LogP contribution in [0, 0.1) is 0 Å². The SMILES string of the molecule is CC(=O)SCC(O)C(O)c1ccc(-n2cccn2)cc1. The third-order valence-electron chi connectivity index (χ3n) is 2.83. The summed E-state index contributed by atoms with van der Waals surface area (Å²) in [4.78, 5) is 10.8. The van der Waals surface area contributed by atoms with Gasteiger partial charge < -0.3 is 10.2 Å². The Balaban J connectivity index is 2.03. The third kappa shape index (κ3) is 3.69. The average Bonchev–Trinajstić information content (AvgIpc) is 2.98. The van der Waals surface area contributed by atoms with E-state index in [0.717, 1.165) is 17.4 Å². The first-order valence-corrected chi connectivity index (χ1v) is 7.16. The molecular formula is C14H16N2O3S. The lowest BCUT2D eigenvalue weighted by Crippen LogP contribution is -2.21. The van der Waals surface area contributed by atoms with Gasteiger partial charge in [-0.15, -0.1) is 0 Å². The summed E-state index contributed by atoms with van der Waals surface area (Å²) < 4.78 is 1.71. The molecule has 0 saturated heterocycles. The standard InChI is InChI=1S/C14H16N2O3S/c1-10(17)20-9-13(18)14(19)11-3-5-12(6-4-11)16-8-2-7-15-16/h2-8,13-14,18-19H,9H2,1H3. The van der Waals surface area contributed by atoms with E-state index < -0.39 is 12.2 Å². The van der Waals surface area contributed by atoms with Gasteiger partial charge >= 0.3 is 0 Å². The Morgan fingerprint density at radius 1 is 1.35 bits per heavy atom. The van der Waals surface area contributed by atoms with Gasteiger partial charge in [0, 0.05) is 25.1 Å². The molecule has 2 rings (SSSR count). The molecule has 2 atom stereocenters. The molecular weight excluding hydrogens is 276 g/mol. The molecule has 1 aromatic carbocycles. The van der Waals surface area contributed by atoms with Gasteiger partial charge in [-0.3, -0.25) is 4.79 Å². The zero-order valence-corrected chi connectivity index (χ0v) is 11.8. The summed E-state index contributed by atoms with van der Waals surface area (Å²) in [5.41, 5.74) is 1.48. The normalized spacial score (nSPS) is 13.9. The maximum atomic E-state index is 10.8. The molecule has 2 unspecified atom stereocenters. The van der Waals surface area contributed by atoms with Crippen molar-refractivity contribution in [1.29, 1.82) is 0 Å². The highest BCUT2D eigenvalue weighted by molar-refractivity contribution is 8.13. The Kier molecular flexibility index (Phi) is 4.94. The summed E-state index contributed by atoms with van der Waals surface area (Å²) in [6.45, 7) is 1.43. The van der Waals surface area contributed by atoms with Crippen LogP contribution >= 0.6 is 11.8 Å². The number of carbonyl (C=O) groups is 1. The number of aliphatic hydroxyl groups is 2. The molecule has 0 radical (unpaired) electrons. The van der Waals surface area contributed by atoms with Crippen LogP contribution < -0.4 is 0 Å². The van der Waals surface area contributed by atoms with Gasteiger partial charge in [-0.05, 0) is 23.8 Å². The highest BCUT2D eigenvalue weighted by atomic mass is 32.2. The highest BCUT2D eigenvalue weighted by Crippen LogP contribution is 2.21. The largest absolute Gasteiger partial charge is 0.389 e. The average molecular weight is 292 g/mol. The third-order valence-corrected chi connectivity index (χ3v) is 3.74.